The van der Waals surface area contributed by atoms with Crippen LogP contribution in [0.1, 0.15) is 31.7 Å². The number of halogens is 2. The number of hydrogen-bond donors (Lipinski definition) is 1. The Morgan fingerprint density at radius 2 is 1.95 bits per heavy atom. The molecule has 1 heterocycles. The van der Waals surface area contributed by atoms with Gasteiger partial charge >= 0.3 is 0 Å². The molecular formula is C15H24ClFN2O2S. The Balaban J connectivity index is 0.00000242. The maximum atomic E-state index is 13.7. The minimum Gasteiger partial charge on any atom is -0.317 e. The van der Waals surface area contributed by atoms with Gasteiger partial charge in [-0.15, -0.1) is 12.4 Å². The first-order valence-electron chi connectivity index (χ1n) is 7.45. The lowest BCUT2D eigenvalue weighted by Crippen LogP contribution is -2.46. The molecule has 7 heteroatoms. The third-order valence-corrected chi connectivity index (χ3v) is 5.86. The van der Waals surface area contributed by atoms with E-state index in [1.54, 1.807) is 11.2 Å². The highest BCUT2D eigenvalue weighted by atomic mass is 35.5. The first-order chi connectivity index (χ1) is 9.96. The molecule has 4 nitrogen and oxygen atoms in total. The summed E-state index contributed by atoms with van der Waals surface area (Å²) in [5.74, 6) is -0.474. The maximum absolute atomic E-state index is 13.7. The molecule has 22 heavy (non-hydrogen) atoms. The van der Waals surface area contributed by atoms with Gasteiger partial charge in [0.25, 0.3) is 0 Å². The molecule has 0 bridgehead atoms. The maximum Gasteiger partial charge on any atom is 0.243 e. The Labute approximate surface area is 138 Å². The van der Waals surface area contributed by atoms with Crippen LogP contribution in [0.25, 0.3) is 0 Å². The van der Waals surface area contributed by atoms with Gasteiger partial charge in [-0.3, -0.25) is 0 Å². The topological polar surface area (TPSA) is 49.4 Å². The number of aryl methyl sites for hydroxylation is 1. The standard InChI is InChI=1S/C15H23FN2O2S.ClH/c1-3-10-18(13-6-8-17-9-7-13)21(19,20)14-5-4-12(2)15(16)11-14;/h4-5,11,13,17H,3,6-10H2,1-2H3;1H. The molecule has 1 aromatic carbocycles. The van der Waals surface area contributed by atoms with Crippen molar-refractivity contribution in [3.8, 4) is 0 Å². The van der Waals surface area contributed by atoms with Crippen LogP contribution >= 0.6 is 12.4 Å². The summed E-state index contributed by atoms with van der Waals surface area (Å²) in [6.45, 7) is 5.70. The molecule has 0 aliphatic carbocycles. The molecule has 1 fully saturated rings. The zero-order valence-corrected chi connectivity index (χ0v) is 14.6. The Kier molecular flexibility index (Phi) is 7.25. The van der Waals surface area contributed by atoms with Gasteiger partial charge in [-0.05, 0) is 57.0 Å². The molecule has 0 atom stereocenters. The third kappa shape index (κ3) is 4.19. The molecule has 2 rings (SSSR count). The molecule has 0 unspecified atom stereocenters. The van der Waals surface area contributed by atoms with Crippen molar-refractivity contribution in [2.75, 3.05) is 19.6 Å². The van der Waals surface area contributed by atoms with E-state index in [9.17, 15) is 12.8 Å². The highest BCUT2D eigenvalue weighted by Crippen LogP contribution is 2.24. The van der Waals surface area contributed by atoms with E-state index in [1.807, 2.05) is 6.92 Å². The molecule has 0 saturated carbocycles. The summed E-state index contributed by atoms with van der Waals surface area (Å²) in [5, 5.41) is 3.24. The van der Waals surface area contributed by atoms with E-state index in [0.29, 0.717) is 12.1 Å². The second-order valence-electron chi connectivity index (χ2n) is 5.51. The average Bonchev–Trinajstić information content (AvgIpc) is 2.48. The van der Waals surface area contributed by atoms with Gasteiger partial charge in [0, 0.05) is 12.6 Å². The summed E-state index contributed by atoms with van der Waals surface area (Å²) in [7, 11) is -3.64. The zero-order chi connectivity index (χ0) is 15.5. The number of hydrogen-bond acceptors (Lipinski definition) is 3. The van der Waals surface area contributed by atoms with Crippen LogP contribution in [-0.2, 0) is 10.0 Å². The zero-order valence-electron chi connectivity index (χ0n) is 13.0. The van der Waals surface area contributed by atoms with Crippen molar-refractivity contribution in [3.63, 3.8) is 0 Å². The van der Waals surface area contributed by atoms with Gasteiger partial charge in [0.2, 0.25) is 10.0 Å². The van der Waals surface area contributed by atoms with Crippen molar-refractivity contribution < 1.29 is 12.8 Å². The summed E-state index contributed by atoms with van der Waals surface area (Å²) >= 11 is 0. The fraction of sp³-hybridized carbons (Fsp3) is 0.600. The molecule has 1 aliphatic rings. The summed E-state index contributed by atoms with van der Waals surface area (Å²) in [5.41, 5.74) is 0.456. The van der Waals surface area contributed by atoms with Crippen molar-refractivity contribution in [3.05, 3.63) is 29.6 Å². The molecule has 1 aliphatic heterocycles. The van der Waals surface area contributed by atoms with E-state index in [0.717, 1.165) is 38.4 Å². The smallest absolute Gasteiger partial charge is 0.243 e. The summed E-state index contributed by atoms with van der Waals surface area (Å²) in [6.07, 6.45) is 2.35. The summed E-state index contributed by atoms with van der Waals surface area (Å²) < 4.78 is 40.9. The number of nitrogens with one attached hydrogen (secondary N) is 1. The van der Waals surface area contributed by atoms with Crippen LogP contribution in [-0.4, -0.2) is 38.4 Å². The van der Waals surface area contributed by atoms with Crippen molar-refractivity contribution in [2.24, 2.45) is 0 Å². The Hall–Kier alpha value is -0.690. The fourth-order valence-corrected chi connectivity index (χ4v) is 4.47. The van der Waals surface area contributed by atoms with Gasteiger partial charge in [0.15, 0.2) is 0 Å². The lowest BCUT2D eigenvalue weighted by atomic mass is 10.1. The van der Waals surface area contributed by atoms with Crippen LogP contribution in [0.15, 0.2) is 23.1 Å². The third-order valence-electron chi connectivity index (χ3n) is 3.91. The van der Waals surface area contributed by atoms with Crippen LogP contribution in [0.4, 0.5) is 4.39 Å². The highest BCUT2D eigenvalue weighted by molar-refractivity contribution is 7.89. The highest BCUT2D eigenvalue weighted by Gasteiger charge is 2.31. The minimum atomic E-state index is -3.64. The Bertz CT molecular complexity index is 589. The largest absolute Gasteiger partial charge is 0.317 e. The van der Waals surface area contributed by atoms with E-state index in [-0.39, 0.29) is 23.3 Å². The molecule has 1 aromatic rings. The SMILES string of the molecule is CCCN(C1CCNCC1)S(=O)(=O)c1ccc(C)c(F)c1.Cl. The van der Waals surface area contributed by atoms with Crippen LogP contribution in [0.2, 0.25) is 0 Å². The lowest BCUT2D eigenvalue weighted by molar-refractivity contribution is 0.262. The predicted octanol–water partition coefficient (Wildman–Crippen LogP) is 2.71. The van der Waals surface area contributed by atoms with Gasteiger partial charge in [-0.2, -0.15) is 4.31 Å². The van der Waals surface area contributed by atoms with Crippen molar-refractivity contribution >= 4 is 22.4 Å². The fourth-order valence-electron chi connectivity index (χ4n) is 2.68. The second kappa shape index (κ2) is 8.24. The molecule has 1 saturated heterocycles. The van der Waals surface area contributed by atoms with E-state index >= 15 is 0 Å². The van der Waals surface area contributed by atoms with E-state index in [1.165, 1.54) is 12.1 Å². The molecule has 0 amide bonds. The quantitative estimate of drug-likeness (QED) is 0.888. The monoisotopic (exact) mass is 350 g/mol. The normalized spacial score (nSPS) is 16.5. The van der Waals surface area contributed by atoms with E-state index < -0.39 is 15.8 Å². The van der Waals surface area contributed by atoms with Crippen molar-refractivity contribution in [1.29, 1.82) is 0 Å². The Morgan fingerprint density at radius 3 is 2.50 bits per heavy atom. The van der Waals surface area contributed by atoms with Gasteiger partial charge < -0.3 is 5.32 Å². The average molecular weight is 351 g/mol. The van der Waals surface area contributed by atoms with Crippen LogP contribution < -0.4 is 5.32 Å². The van der Waals surface area contributed by atoms with Crippen LogP contribution in [0, 0.1) is 12.7 Å². The first-order valence-corrected chi connectivity index (χ1v) is 8.89. The predicted molar refractivity (Wildman–Crippen MR) is 88.5 cm³/mol. The minimum absolute atomic E-state index is 0. The number of sulfonamides is 1. The first kappa shape index (κ1) is 19.4. The van der Waals surface area contributed by atoms with Crippen LogP contribution in [0.5, 0.6) is 0 Å². The number of benzene rings is 1. The molecule has 126 valence electrons. The van der Waals surface area contributed by atoms with Gasteiger partial charge in [0.1, 0.15) is 5.82 Å². The summed E-state index contributed by atoms with van der Waals surface area (Å²) in [6, 6.07) is 4.15. The van der Waals surface area contributed by atoms with Gasteiger partial charge in [-0.1, -0.05) is 13.0 Å². The Morgan fingerprint density at radius 1 is 1.32 bits per heavy atom. The number of nitrogens with zero attached hydrogens (tertiary/aromatic N) is 1. The molecule has 0 spiro atoms. The molecular weight excluding hydrogens is 327 g/mol. The number of piperidine rings is 1. The van der Waals surface area contributed by atoms with Gasteiger partial charge in [0.05, 0.1) is 4.90 Å². The van der Waals surface area contributed by atoms with Gasteiger partial charge in [-0.25, -0.2) is 12.8 Å². The van der Waals surface area contributed by atoms with Crippen LogP contribution in [0.3, 0.4) is 0 Å². The second-order valence-corrected chi connectivity index (χ2v) is 7.40. The lowest BCUT2D eigenvalue weighted by Gasteiger charge is -2.33. The van der Waals surface area contributed by atoms with Crippen molar-refractivity contribution in [2.45, 2.75) is 44.0 Å². The number of rotatable bonds is 5. The molecule has 1 N–H and O–H groups in total. The summed E-state index contributed by atoms with van der Waals surface area (Å²) in [4.78, 5) is 0.0533. The van der Waals surface area contributed by atoms with Crippen molar-refractivity contribution in [1.82, 2.24) is 9.62 Å². The van der Waals surface area contributed by atoms with E-state index in [4.69, 9.17) is 0 Å². The molecule has 0 radical (unpaired) electrons. The molecule has 0 aromatic heterocycles. The van der Waals surface area contributed by atoms with E-state index in [2.05, 4.69) is 5.32 Å².